The Balaban J connectivity index is 1.64. The van der Waals surface area contributed by atoms with Crippen LogP contribution in [0, 0.1) is 5.92 Å². The molecule has 0 spiro atoms. The van der Waals surface area contributed by atoms with Gasteiger partial charge in [-0.1, -0.05) is 6.07 Å². The van der Waals surface area contributed by atoms with Crippen LogP contribution in [0.25, 0.3) is 5.65 Å². The minimum Gasteiger partial charge on any atom is -0.317 e. The van der Waals surface area contributed by atoms with Crippen molar-refractivity contribution in [1.29, 1.82) is 0 Å². The van der Waals surface area contributed by atoms with Crippen molar-refractivity contribution < 1.29 is 0 Å². The van der Waals surface area contributed by atoms with Gasteiger partial charge < -0.3 is 5.32 Å². The van der Waals surface area contributed by atoms with Gasteiger partial charge in [0.15, 0.2) is 0 Å². The third-order valence-corrected chi connectivity index (χ3v) is 5.18. The second kappa shape index (κ2) is 7.48. The summed E-state index contributed by atoms with van der Waals surface area (Å²) in [6, 6.07) is 6.87. The van der Waals surface area contributed by atoms with Crippen LogP contribution in [-0.4, -0.2) is 36.8 Å². The highest BCUT2D eigenvalue weighted by atomic mass is 16.2. The van der Waals surface area contributed by atoms with E-state index in [0.717, 1.165) is 38.2 Å². The van der Waals surface area contributed by atoms with Crippen molar-refractivity contribution in [3.05, 3.63) is 62.8 Å². The Morgan fingerprint density at radius 2 is 2.04 bits per heavy atom. The molecule has 0 amide bonds. The Morgan fingerprint density at radius 3 is 2.81 bits per heavy atom. The largest absolute Gasteiger partial charge is 0.346 e. The first kappa shape index (κ1) is 17.7. The normalized spacial score (nSPS) is 15.4. The van der Waals surface area contributed by atoms with Crippen LogP contribution in [0.5, 0.6) is 0 Å². The minimum absolute atomic E-state index is 0.142. The number of hydrogen-bond donors (Lipinski definition) is 1. The molecule has 3 aromatic heterocycles. The van der Waals surface area contributed by atoms with Gasteiger partial charge in [0.05, 0.1) is 12.2 Å². The molecule has 0 aliphatic carbocycles. The fraction of sp³-hybridized carbons (Fsp3) is 0.474. The van der Waals surface area contributed by atoms with Gasteiger partial charge in [-0.2, -0.15) is 5.10 Å². The topological polar surface area (TPSA) is 86.2 Å². The molecule has 4 rings (SSSR count). The first-order valence-corrected chi connectivity index (χ1v) is 9.50. The number of hydrogen-bond acceptors (Lipinski definition) is 5. The molecule has 1 aliphatic rings. The lowest BCUT2D eigenvalue weighted by Crippen LogP contribution is -2.30. The average molecular weight is 368 g/mol. The van der Waals surface area contributed by atoms with E-state index in [1.807, 2.05) is 13.0 Å². The van der Waals surface area contributed by atoms with E-state index < -0.39 is 0 Å². The summed E-state index contributed by atoms with van der Waals surface area (Å²) in [7, 11) is 0. The first-order chi connectivity index (χ1) is 13.2. The molecule has 1 N–H and O–H groups in total. The van der Waals surface area contributed by atoms with Crippen LogP contribution in [0.1, 0.15) is 31.3 Å². The van der Waals surface area contributed by atoms with Gasteiger partial charge in [-0.15, -0.1) is 0 Å². The van der Waals surface area contributed by atoms with Gasteiger partial charge in [0.1, 0.15) is 11.5 Å². The number of fused-ring (bicyclic) bond motifs is 1. The molecular formula is C19H24N6O2. The van der Waals surface area contributed by atoms with Crippen molar-refractivity contribution in [2.24, 2.45) is 5.92 Å². The summed E-state index contributed by atoms with van der Waals surface area (Å²) in [5, 5.41) is 7.94. The molecule has 0 bridgehead atoms. The summed E-state index contributed by atoms with van der Waals surface area (Å²) >= 11 is 0. The molecule has 8 nitrogen and oxygen atoms in total. The smallest absolute Gasteiger partial charge is 0.317 e. The molecule has 3 aromatic rings. The minimum atomic E-state index is -0.159. The molecule has 4 heterocycles. The van der Waals surface area contributed by atoms with E-state index in [2.05, 4.69) is 15.4 Å². The van der Waals surface area contributed by atoms with Gasteiger partial charge in [-0.25, -0.2) is 14.5 Å². The van der Waals surface area contributed by atoms with Crippen LogP contribution in [-0.2, 0) is 19.5 Å². The van der Waals surface area contributed by atoms with Crippen LogP contribution >= 0.6 is 0 Å². The second-order valence-corrected chi connectivity index (χ2v) is 7.01. The van der Waals surface area contributed by atoms with Crippen LogP contribution < -0.4 is 16.6 Å². The van der Waals surface area contributed by atoms with Crippen molar-refractivity contribution >= 4 is 5.65 Å². The maximum atomic E-state index is 12.8. The summed E-state index contributed by atoms with van der Waals surface area (Å²) in [5.41, 5.74) is 0.811. The molecular weight excluding hydrogens is 344 g/mol. The Bertz CT molecular complexity index is 1060. The standard InChI is InChI=1S/C19H24N6O2/c1-2-23-17(11-14-6-8-20-9-7-14)22-25(19(23)27)13-15-12-18(26)24-10-4-3-5-16(24)21-15/h3-5,10,12,14,20H,2,6-9,11,13H2,1H3. The third kappa shape index (κ3) is 3.57. The zero-order valence-corrected chi connectivity index (χ0v) is 15.5. The van der Waals surface area contributed by atoms with Crippen molar-refractivity contribution in [3.63, 3.8) is 0 Å². The quantitative estimate of drug-likeness (QED) is 0.715. The Hall–Kier alpha value is -2.74. The van der Waals surface area contributed by atoms with E-state index in [9.17, 15) is 9.59 Å². The summed E-state index contributed by atoms with van der Waals surface area (Å²) < 4.78 is 4.65. The molecule has 8 heteroatoms. The highest BCUT2D eigenvalue weighted by molar-refractivity contribution is 5.38. The summed E-state index contributed by atoms with van der Waals surface area (Å²) in [6.45, 7) is 4.79. The van der Waals surface area contributed by atoms with Crippen LogP contribution in [0.2, 0.25) is 0 Å². The zero-order valence-electron chi connectivity index (χ0n) is 15.5. The Kier molecular flexibility index (Phi) is 4.89. The molecule has 0 unspecified atom stereocenters. The maximum Gasteiger partial charge on any atom is 0.346 e. The van der Waals surface area contributed by atoms with E-state index in [0.29, 0.717) is 23.8 Å². The van der Waals surface area contributed by atoms with E-state index in [1.54, 1.807) is 22.9 Å². The molecule has 0 saturated carbocycles. The van der Waals surface area contributed by atoms with Gasteiger partial charge in [-0.3, -0.25) is 13.8 Å². The maximum absolute atomic E-state index is 12.8. The van der Waals surface area contributed by atoms with Gasteiger partial charge in [-0.05, 0) is 50.9 Å². The number of piperidine rings is 1. The van der Waals surface area contributed by atoms with Crippen LogP contribution in [0.15, 0.2) is 40.1 Å². The summed E-state index contributed by atoms with van der Waals surface area (Å²) in [5.74, 6) is 1.38. The molecule has 0 atom stereocenters. The molecule has 1 aliphatic heterocycles. The number of rotatable bonds is 5. The van der Waals surface area contributed by atoms with Gasteiger partial charge in [0.25, 0.3) is 5.56 Å². The van der Waals surface area contributed by atoms with E-state index >= 15 is 0 Å². The van der Waals surface area contributed by atoms with Crippen molar-refractivity contribution in [1.82, 2.24) is 29.0 Å². The number of nitrogens with one attached hydrogen (secondary N) is 1. The van der Waals surface area contributed by atoms with E-state index in [1.165, 1.54) is 15.1 Å². The lowest BCUT2D eigenvalue weighted by molar-refractivity contribution is 0.362. The van der Waals surface area contributed by atoms with Gasteiger partial charge >= 0.3 is 5.69 Å². The fourth-order valence-electron chi connectivity index (χ4n) is 3.74. The molecule has 1 fully saturated rings. The van der Waals surface area contributed by atoms with Gasteiger partial charge in [0, 0.05) is 25.2 Å². The second-order valence-electron chi connectivity index (χ2n) is 7.01. The first-order valence-electron chi connectivity index (χ1n) is 9.50. The number of nitrogens with zero attached hydrogens (tertiary/aromatic N) is 5. The van der Waals surface area contributed by atoms with Crippen molar-refractivity contribution in [2.75, 3.05) is 13.1 Å². The molecule has 0 aromatic carbocycles. The highest BCUT2D eigenvalue weighted by Crippen LogP contribution is 2.16. The predicted molar refractivity (Wildman–Crippen MR) is 102 cm³/mol. The monoisotopic (exact) mass is 368 g/mol. The van der Waals surface area contributed by atoms with Crippen LogP contribution in [0.3, 0.4) is 0 Å². The van der Waals surface area contributed by atoms with Crippen molar-refractivity contribution in [2.45, 2.75) is 39.3 Å². The number of pyridine rings is 1. The SMILES string of the molecule is CCn1c(CC2CCNCC2)nn(Cc2cc(=O)n3ccccc3n2)c1=O. The summed E-state index contributed by atoms with van der Waals surface area (Å²) in [6.07, 6.45) is 4.71. The Labute approximate surface area is 156 Å². The molecule has 1 saturated heterocycles. The fourth-order valence-corrected chi connectivity index (χ4v) is 3.74. The summed E-state index contributed by atoms with van der Waals surface area (Å²) in [4.78, 5) is 29.5. The molecule has 27 heavy (non-hydrogen) atoms. The van der Waals surface area contributed by atoms with Crippen LogP contribution in [0.4, 0.5) is 0 Å². The highest BCUT2D eigenvalue weighted by Gasteiger charge is 2.19. The lowest BCUT2D eigenvalue weighted by Gasteiger charge is -2.21. The average Bonchev–Trinajstić information content (AvgIpc) is 2.97. The van der Waals surface area contributed by atoms with Crippen molar-refractivity contribution in [3.8, 4) is 0 Å². The predicted octanol–water partition coefficient (Wildman–Crippen LogP) is 0.663. The number of aromatic nitrogens is 5. The lowest BCUT2D eigenvalue weighted by atomic mass is 9.94. The Morgan fingerprint density at radius 1 is 1.22 bits per heavy atom. The zero-order chi connectivity index (χ0) is 18.8. The molecule has 0 radical (unpaired) electrons. The third-order valence-electron chi connectivity index (χ3n) is 5.18. The van der Waals surface area contributed by atoms with Gasteiger partial charge in [0.2, 0.25) is 0 Å². The molecule has 142 valence electrons. The van der Waals surface area contributed by atoms with E-state index in [-0.39, 0.29) is 17.8 Å². The van der Waals surface area contributed by atoms with E-state index in [4.69, 9.17) is 0 Å².